The maximum atomic E-state index is 12.1. The first-order valence-corrected chi connectivity index (χ1v) is 8.35. The van der Waals surface area contributed by atoms with Gasteiger partial charge in [0.25, 0.3) is 0 Å². The van der Waals surface area contributed by atoms with Gasteiger partial charge in [-0.25, -0.2) is 19.1 Å². The van der Waals surface area contributed by atoms with Gasteiger partial charge in [0.1, 0.15) is 23.9 Å². The lowest BCUT2D eigenvalue weighted by Crippen LogP contribution is -2.34. The Bertz CT molecular complexity index is 806. The molecule has 0 bridgehead atoms. The van der Waals surface area contributed by atoms with Gasteiger partial charge in [0.15, 0.2) is 11.6 Å². The lowest BCUT2D eigenvalue weighted by molar-refractivity contribution is 0.0281. The van der Waals surface area contributed by atoms with Crippen LogP contribution in [0.3, 0.4) is 0 Å². The molecule has 3 rings (SSSR count). The monoisotopic (exact) mass is 364 g/mol. The molecule has 0 aliphatic carbocycles. The van der Waals surface area contributed by atoms with Crippen molar-refractivity contribution in [2.45, 2.75) is 45.6 Å². The number of aliphatic hydroxyl groups is 1. The third kappa shape index (κ3) is 3.79. The minimum atomic E-state index is -0.576. The molecule has 0 saturated heterocycles. The summed E-state index contributed by atoms with van der Waals surface area (Å²) in [5, 5.41) is 18.3. The van der Waals surface area contributed by atoms with E-state index in [0.29, 0.717) is 29.6 Å². The first-order chi connectivity index (χ1) is 12.1. The summed E-state index contributed by atoms with van der Waals surface area (Å²) in [4.78, 5) is 18.0. The van der Waals surface area contributed by atoms with Crippen LogP contribution in [0.4, 0.5) is 4.79 Å². The molecule has 0 fully saturated rings. The van der Waals surface area contributed by atoms with E-state index in [1.165, 1.54) is 4.90 Å². The molecule has 1 atom stereocenters. The fraction of sp³-hybridized carbons (Fsp3) is 0.625. The number of aliphatic hydroxyl groups excluding tert-OH is 1. The lowest BCUT2D eigenvalue weighted by Gasteiger charge is -2.23. The summed E-state index contributed by atoms with van der Waals surface area (Å²) in [6.07, 6.45) is 0.623. The van der Waals surface area contributed by atoms with Crippen molar-refractivity contribution in [1.82, 2.24) is 29.4 Å². The van der Waals surface area contributed by atoms with Crippen molar-refractivity contribution in [1.29, 1.82) is 0 Å². The third-order valence-corrected chi connectivity index (χ3v) is 3.72. The van der Waals surface area contributed by atoms with Gasteiger partial charge >= 0.3 is 6.09 Å². The molecule has 2 aromatic heterocycles. The zero-order valence-corrected chi connectivity index (χ0v) is 15.6. The first kappa shape index (κ1) is 18.2. The normalized spacial score (nSPS) is 16.8. The molecular formula is C16H24N6O4. The van der Waals surface area contributed by atoms with Crippen molar-refractivity contribution in [3.8, 4) is 17.3 Å². The van der Waals surface area contributed by atoms with Gasteiger partial charge in [-0.05, 0) is 20.8 Å². The fourth-order valence-corrected chi connectivity index (χ4v) is 2.59. The van der Waals surface area contributed by atoms with Crippen LogP contribution in [0.1, 0.15) is 26.6 Å². The molecule has 142 valence electrons. The highest BCUT2D eigenvalue weighted by molar-refractivity contribution is 5.67. The predicted molar refractivity (Wildman–Crippen MR) is 91.4 cm³/mol. The number of carbonyl (C=O) groups is 1. The highest BCUT2D eigenvalue weighted by Gasteiger charge is 2.26. The zero-order valence-electron chi connectivity index (χ0n) is 15.6. The number of aromatic nitrogens is 5. The highest BCUT2D eigenvalue weighted by atomic mass is 16.6. The smallest absolute Gasteiger partial charge is 0.410 e. The van der Waals surface area contributed by atoms with Crippen molar-refractivity contribution in [3.05, 3.63) is 12.0 Å². The minimum absolute atomic E-state index is 0.213. The number of carbonyl (C=O) groups excluding carboxylic acids is 1. The van der Waals surface area contributed by atoms with Crippen LogP contribution in [-0.2, 0) is 24.9 Å². The van der Waals surface area contributed by atoms with E-state index in [0.717, 1.165) is 0 Å². The maximum Gasteiger partial charge on any atom is 0.410 e. The Morgan fingerprint density at radius 3 is 2.92 bits per heavy atom. The standard InChI is InChI=1S/C16H24N6O4/c1-16(2,3)26-15(24)20(4)8-12-18-13(21(5)19-12)11-6-17-22-7-10(23)9-25-14(11)22/h6,10,23H,7-9H2,1-5H3. The van der Waals surface area contributed by atoms with E-state index in [1.54, 1.807) is 29.7 Å². The van der Waals surface area contributed by atoms with Crippen LogP contribution >= 0.6 is 0 Å². The van der Waals surface area contributed by atoms with Gasteiger partial charge in [-0.3, -0.25) is 0 Å². The molecule has 0 spiro atoms. The second-order valence-corrected chi connectivity index (χ2v) is 7.32. The molecule has 10 nitrogen and oxygen atoms in total. The Labute approximate surface area is 151 Å². The molecule has 0 radical (unpaired) electrons. The van der Waals surface area contributed by atoms with Gasteiger partial charge in [0.2, 0.25) is 5.88 Å². The molecule has 1 aliphatic rings. The number of amides is 1. The van der Waals surface area contributed by atoms with E-state index in [9.17, 15) is 9.90 Å². The summed E-state index contributed by atoms with van der Waals surface area (Å²) in [5.41, 5.74) is 0.130. The number of rotatable bonds is 3. The van der Waals surface area contributed by atoms with Crippen LogP contribution in [-0.4, -0.2) is 66.0 Å². The van der Waals surface area contributed by atoms with Crippen LogP contribution < -0.4 is 4.74 Å². The number of aryl methyl sites for hydroxylation is 1. The van der Waals surface area contributed by atoms with E-state index < -0.39 is 17.8 Å². The van der Waals surface area contributed by atoms with E-state index in [-0.39, 0.29) is 13.2 Å². The minimum Gasteiger partial charge on any atom is -0.474 e. The molecule has 1 amide bonds. The van der Waals surface area contributed by atoms with Gasteiger partial charge in [0, 0.05) is 14.1 Å². The van der Waals surface area contributed by atoms with E-state index in [2.05, 4.69) is 15.2 Å². The quantitative estimate of drug-likeness (QED) is 0.858. The molecule has 0 saturated carbocycles. The van der Waals surface area contributed by atoms with Crippen molar-refractivity contribution in [2.75, 3.05) is 13.7 Å². The van der Waals surface area contributed by atoms with Crippen LogP contribution in [0, 0.1) is 0 Å². The van der Waals surface area contributed by atoms with E-state index >= 15 is 0 Å². The summed E-state index contributed by atoms with van der Waals surface area (Å²) in [5.74, 6) is 1.61. The SMILES string of the molecule is CN(Cc1nc(-c2cnn3c2OCC(O)C3)n(C)n1)C(=O)OC(C)(C)C. The molecule has 0 aromatic carbocycles. The average Bonchev–Trinajstić information content (AvgIpc) is 3.08. The number of hydrogen-bond acceptors (Lipinski definition) is 7. The van der Waals surface area contributed by atoms with Crippen molar-refractivity contribution >= 4 is 6.09 Å². The van der Waals surface area contributed by atoms with E-state index in [1.807, 2.05) is 20.8 Å². The van der Waals surface area contributed by atoms with Crippen LogP contribution in [0.15, 0.2) is 6.20 Å². The average molecular weight is 364 g/mol. The Balaban J connectivity index is 1.77. The molecule has 10 heteroatoms. The molecule has 1 aliphatic heterocycles. The van der Waals surface area contributed by atoms with Gasteiger partial charge in [-0.2, -0.15) is 10.2 Å². The van der Waals surface area contributed by atoms with Gasteiger partial charge in [-0.1, -0.05) is 0 Å². The zero-order chi connectivity index (χ0) is 19.1. The summed E-state index contributed by atoms with van der Waals surface area (Å²) in [6.45, 7) is 6.25. The van der Waals surface area contributed by atoms with Gasteiger partial charge < -0.3 is 19.5 Å². The predicted octanol–water partition coefficient (Wildman–Crippen LogP) is 0.799. The molecule has 3 heterocycles. The fourth-order valence-electron chi connectivity index (χ4n) is 2.59. The second kappa shape index (κ2) is 6.60. The Morgan fingerprint density at radius 1 is 1.50 bits per heavy atom. The Hall–Kier alpha value is -2.62. The number of ether oxygens (including phenoxy) is 2. The second-order valence-electron chi connectivity index (χ2n) is 7.32. The number of nitrogens with zero attached hydrogens (tertiary/aromatic N) is 6. The first-order valence-electron chi connectivity index (χ1n) is 8.35. The Kier molecular flexibility index (Phi) is 4.61. The van der Waals surface area contributed by atoms with Crippen molar-refractivity contribution in [3.63, 3.8) is 0 Å². The molecule has 1 unspecified atom stereocenters. The molecule has 2 aromatic rings. The highest BCUT2D eigenvalue weighted by Crippen LogP contribution is 2.30. The topological polar surface area (TPSA) is 108 Å². The number of fused-ring (bicyclic) bond motifs is 1. The molecule has 1 N–H and O–H groups in total. The Morgan fingerprint density at radius 2 is 2.23 bits per heavy atom. The maximum absolute atomic E-state index is 12.1. The number of hydrogen-bond donors (Lipinski definition) is 1. The van der Waals surface area contributed by atoms with Crippen molar-refractivity contribution in [2.24, 2.45) is 7.05 Å². The van der Waals surface area contributed by atoms with Gasteiger partial charge in [0.05, 0.1) is 19.3 Å². The third-order valence-electron chi connectivity index (χ3n) is 3.72. The summed E-state index contributed by atoms with van der Waals surface area (Å²) in [6, 6.07) is 0. The van der Waals surface area contributed by atoms with E-state index in [4.69, 9.17) is 9.47 Å². The summed E-state index contributed by atoms with van der Waals surface area (Å²) >= 11 is 0. The van der Waals surface area contributed by atoms with Crippen molar-refractivity contribution < 1.29 is 19.4 Å². The van der Waals surface area contributed by atoms with Gasteiger partial charge in [-0.15, -0.1) is 0 Å². The summed E-state index contributed by atoms with van der Waals surface area (Å²) < 4.78 is 14.1. The van der Waals surface area contributed by atoms with Crippen LogP contribution in [0.25, 0.3) is 11.4 Å². The van der Waals surface area contributed by atoms with Crippen LogP contribution in [0.2, 0.25) is 0 Å². The van der Waals surface area contributed by atoms with Crippen LogP contribution in [0.5, 0.6) is 5.88 Å². The molecule has 26 heavy (non-hydrogen) atoms. The summed E-state index contributed by atoms with van der Waals surface area (Å²) in [7, 11) is 3.40. The molecular weight excluding hydrogens is 340 g/mol. The largest absolute Gasteiger partial charge is 0.474 e. The lowest BCUT2D eigenvalue weighted by atomic mass is 10.2.